The van der Waals surface area contributed by atoms with Crippen molar-refractivity contribution in [2.45, 2.75) is 6.54 Å². The minimum Gasteiger partial charge on any atom is -0.383 e. The Kier molecular flexibility index (Phi) is 5.01. The molecule has 26 heavy (non-hydrogen) atoms. The number of carbonyl (C=O) groups excluding carboxylic acids is 1. The molecule has 3 aromatic rings. The van der Waals surface area contributed by atoms with Crippen LogP contribution in [-0.2, 0) is 16.0 Å². The number of nitrogens with zero attached hydrogens (tertiary/aromatic N) is 3. The number of carbonyl (C=O) groups is 1. The summed E-state index contributed by atoms with van der Waals surface area (Å²) < 4.78 is 12.8. The van der Waals surface area contributed by atoms with Crippen LogP contribution in [0.5, 0.6) is 0 Å². The van der Waals surface area contributed by atoms with E-state index in [4.69, 9.17) is 9.47 Å². The van der Waals surface area contributed by atoms with Crippen molar-refractivity contribution in [3.8, 4) is 10.7 Å². The average Bonchev–Trinajstić information content (AvgIpc) is 3.31. The highest BCUT2D eigenvalue weighted by molar-refractivity contribution is 7.13. The van der Waals surface area contributed by atoms with Crippen LogP contribution < -0.4 is 0 Å². The first-order valence-electron chi connectivity index (χ1n) is 8.68. The summed E-state index contributed by atoms with van der Waals surface area (Å²) in [6.07, 6.45) is 0. The van der Waals surface area contributed by atoms with Gasteiger partial charge in [-0.15, -0.1) is 11.3 Å². The molecule has 1 fully saturated rings. The number of ether oxygens (including phenoxy) is 2. The largest absolute Gasteiger partial charge is 0.383 e. The van der Waals surface area contributed by atoms with E-state index in [0.29, 0.717) is 38.6 Å². The molecule has 1 aromatic carbocycles. The summed E-state index contributed by atoms with van der Waals surface area (Å²) in [5.41, 5.74) is 2.68. The standard InChI is InChI=1S/C19H21N3O3S/c1-24-9-8-22-16-5-3-2-4-14(16)12-17(22)18-20-15(13-26-18)19(23)21-6-10-25-11-7-21/h2-5,12-13H,6-11H2,1H3. The SMILES string of the molecule is COCCn1c(-c2nc(C(=O)N3CCOCC3)cs2)cc2ccccc21. The maximum Gasteiger partial charge on any atom is 0.273 e. The molecule has 0 aliphatic carbocycles. The Labute approximate surface area is 156 Å². The van der Waals surface area contributed by atoms with Gasteiger partial charge in [0.2, 0.25) is 0 Å². The second-order valence-corrected chi connectivity index (χ2v) is 7.03. The molecular formula is C19H21N3O3S. The Bertz CT molecular complexity index is 912. The van der Waals surface area contributed by atoms with E-state index in [2.05, 4.69) is 27.8 Å². The van der Waals surface area contributed by atoms with E-state index in [0.717, 1.165) is 28.1 Å². The molecule has 0 spiro atoms. The van der Waals surface area contributed by atoms with Gasteiger partial charge in [-0.3, -0.25) is 4.79 Å². The summed E-state index contributed by atoms with van der Waals surface area (Å²) in [5, 5.41) is 3.87. The smallest absolute Gasteiger partial charge is 0.273 e. The highest BCUT2D eigenvalue weighted by atomic mass is 32.1. The second-order valence-electron chi connectivity index (χ2n) is 6.18. The molecule has 0 saturated carbocycles. The number of aromatic nitrogens is 2. The molecular weight excluding hydrogens is 350 g/mol. The number of para-hydroxylation sites is 1. The Hall–Kier alpha value is -2.22. The van der Waals surface area contributed by atoms with Gasteiger partial charge in [0.15, 0.2) is 0 Å². The summed E-state index contributed by atoms with van der Waals surface area (Å²) in [5.74, 6) is -0.0182. The Morgan fingerprint density at radius 2 is 2.12 bits per heavy atom. The number of amides is 1. The van der Waals surface area contributed by atoms with E-state index in [-0.39, 0.29) is 5.91 Å². The Morgan fingerprint density at radius 3 is 2.92 bits per heavy atom. The van der Waals surface area contributed by atoms with Crippen LogP contribution in [0.15, 0.2) is 35.7 Å². The number of morpholine rings is 1. The van der Waals surface area contributed by atoms with Crippen LogP contribution in [0.2, 0.25) is 0 Å². The van der Waals surface area contributed by atoms with Crippen LogP contribution in [0.3, 0.4) is 0 Å². The van der Waals surface area contributed by atoms with E-state index in [1.165, 1.54) is 11.3 Å². The van der Waals surface area contributed by atoms with Crippen molar-refractivity contribution in [2.24, 2.45) is 0 Å². The molecule has 1 saturated heterocycles. The maximum absolute atomic E-state index is 12.7. The summed E-state index contributed by atoms with van der Waals surface area (Å²) in [4.78, 5) is 19.1. The molecule has 1 aliphatic rings. The zero-order chi connectivity index (χ0) is 17.9. The number of rotatable bonds is 5. The average molecular weight is 371 g/mol. The van der Waals surface area contributed by atoms with Crippen molar-refractivity contribution in [1.82, 2.24) is 14.5 Å². The molecule has 1 aliphatic heterocycles. The molecule has 0 radical (unpaired) electrons. The number of benzene rings is 1. The van der Waals surface area contributed by atoms with Crippen LogP contribution in [-0.4, -0.2) is 60.4 Å². The molecule has 6 nitrogen and oxygen atoms in total. The second kappa shape index (κ2) is 7.57. The quantitative estimate of drug-likeness (QED) is 0.692. The van der Waals surface area contributed by atoms with Gasteiger partial charge in [0.1, 0.15) is 10.7 Å². The van der Waals surface area contributed by atoms with Crippen LogP contribution in [0.4, 0.5) is 0 Å². The van der Waals surface area contributed by atoms with Gasteiger partial charge in [-0.2, -0.15) is 0 Å². The van der Waals surface area contributed by atoms with Gasteiger partial charge in [0, 0.05) is 43.0 Å². The maximum atomic E-state index is 12.7. The van der Waals surface area contributed by atoms with Gasteiger partial charge in [-0.25, -0.2) is 4.98 Å². The minimum absolute atomic E-state index is 0.0182. The fraction of sp³-hybridized carbons (Fsp3) is 0.368. The van der Waals surface area contributed by atoms with Crippen molar-refractivity contribution in [2.75, 3.05) is 40.0 Å². The third-order valence-electron chi connectivity index (χ3n) is 4.57. The van der Waals surface area contributed by atoms with Crippen molar-refractivity contribution in [3.05, 3.63) is 41.4 Å². The highest BCUT2D eigenvalue weighted by Gasteiger charge is 2.22. The van der Waals surface area contributed by atoms with Gasteiger partial charge in [-0.1, -0.05) is 18.2 Å². The van der Waals surface area contributed by atoms with E-state index < -0.39 is 0 Å². The lowest BCUT2D eigenvalue weighted by Crippen LogP contribution is -2.40. The van der Waals surface area contributed by atoms with E-state index in [1.807, 2.05) is 22.4 Å². The number of thiazole rings is 1. The molecule has 0 N–H and O–H groups in total. The minimum atomic E-state index is -0.0182. The third kappa shape index (κ3) is 3.25. The van der Waals surface area contributed by atoms with Crippen molar-refractivity contribution in [1.29, 1.82) is 0 Å². The first kappa shape index (κ1) is 17.2. The summed E-state index contributed by atoms with van der Waals surface area (Å²) in [6.45, 7) is 3.80. The molecule has 0 atom stereocenters. The normalized spacial score (nSPS) is 14.9. The monoisotopic (exact) mass is 371 g/mol. The Balaban J connectivity index is 1.67. The lowest BCUT2D eigenvalue weighted by molar-refractivity contribution is 0.0299. The zero-order valence-corrected chi connectivity index (χ0v) is 15.5. The van der Waals surface area contributed by atoms with Crippen LogP contribution >= 0.6 is 11.3 Å². The number of fused-ring (bicyclic) bond motifs is 1. The van der Waals surface area contributed by atoms with Gasteiger partial charge < -0.3 is 18.9 Å². The molecule has 7 heteroatoms. The topological polar surface area (TPSA) is 56.6 Å². The number of hydrogen-bond acceptors (Lipinski definition) is 5. The lowest BCUT2D eigenvalue weighted by Gasteiger charge is -2.25. The van der Waals surface area contributed by atoms with E-state index >= 15 is 0 Å². The molecule has 3 heterocycles. The van der Waals surface area contributed by atoms with Crippen molar-refractivity contribution >= 4 is 28.1 Å². The fourth-order valence-electron chi connectivity index (χ4n) is 3.23. The number of hydrogen-bond donors (Lipinski definition) is 0. The van der Waals surface area contributed by atoms with Crippen molar-refractivity contribution in [3.63, 3.8) is 0 Å². The highest BCUT2D eigenvalue weighted by Crippen LogP contribution is 2.30. The van der Waals surface area contributed by atoms with Gasteiger partial charge in [0.05, 0.1) is 25.5 Å². The molecule has 0 unspecified atom stereocenters. The first-order valence-corrected chi connectivity index (χ1v) is 9.56. The molecule has 4 rings (SSSR count). The molecule has 0 bridgehead atoms. The Morgan fingerprint density at radius 1 is 1.31 bits per heavy atom. The van der Waals surface area contributed by atoms with E-state index in [9.17, 15) is 4.79 Å². The van der Waals surface area contributed by atoms with Crippen LogP contribution in [0.25, 0.3) is 21.6 Å². The third-order valence-corrected chi connectivity index (χ3v) is 5.44. The first-order chi connectivity index (χ1) is 12.8. The summed E-state index contributed by atoms with van der Waals surface area (Å²) in [6, 6.07) is 10.4. The predicted molar refractivity (Wildman–Crippen MR) is 102 cm³/mol. The predicted octanol–water partition coefficient (Wildman–Crippen LogP) is 2.88. The summed E-state index contributed by atoms with van der Waals surface area (Å²) in [7, 11) is 1.70. The van der Waals surface area contributed by atoms with Crippen LogP contribution in [0.1, 0.15) is 10.5 Å². The molecule has 1 amide bonds. The van der Waals surface area contributed by atoms with Crippen LogP contribution in [0, 0.1) is 0 Å². The molecule has 136 valence electrons. The van der Waals surface area contributed by atoms with Gasteiger partial charge in [0.25, 0.3) is 5.91 Å². The van der Waals surface area contributed by atoms with Gasteiger partial charge in [-0.05, 0) is 12.1 Å². The van der Waals surface area contributed by atoms with E-state index in [1.54, 1.807) is 7.11 Å². The van der Waals surface area contributed by atoms with Crippen molar-refractivity contribution < 1.29 is 14.3 Å². The summed E-state index contributed by atoms with van der Waals surface area (Å²) >= 11 is 1.51. The lowest BCUT2D eigenvalue weighted by atomic mass is 10.2. The zero-order valence-electron chi connectivity index (χ0n) is 14.7. The van der Waals surface area contributed by atoms with Gasteiger partial charge >= 0.3 is 0 Å². The molecule has 2 aromatic heterocycles. The fourth-order valence-corrected chi connectivity index (χ4v) is 4.05. The number of methoxy groups -OCH3 is 1.